The van der Waals surface area contributed by atoms with Crippen molar-refractivity contribution in [2.24, 2.45) is 4.40 Å². The van der Waals surface area contributed by atoms with E-state index in [1.807, 2.05) is 0 Å². The zero-order valence-corrected chi connectivity index (χ0v) is 14.7. The van der Waals surface area contributed by atoms with Crippen molar-refractivity contribution in [3.63, 3.8) is 0 Å². The Morgan fingerprint density at radius 1 is 1.24 bits per heavy atom. The Labute approximate surface area is 149 Å². The number of halogens is 1. The molecule has 1 amide bonds. The average molecular weight is 380 g/mol. The maximum atomic E-state index is 12.2. The predicted molar refractivity (Wildman–Crippen MR) is 93.6 cm³/mol. The van der Waals surface area contributed by atoms with E-state index in [4.69, 9.17) is 16.8 Å². The Morgan fingerprint density at radius 3 is 2.56 bits per heavy atom. The Balaban J connectivity index is 1.96. The molecule has 3 rings (SSSR count). The van der Waals surface area contributed by atoms with Gasteiger partial charge in [-0.3, -0.25) is 10.0 Å². The second-order valence-electron chi connectivity index (χ2n) is 5.45. The number of amidine groups is 1. The van der Waals surface area contributed by atoms with Crippen LogP contribution < -0.4 is 10.4 Å². The molecule has 130 valence electrons. The first-order valence-electron chi connectivity index (χ1n) is 7.24. The van der Waals surface area contributed by atoms with Gasteiger partial charge >= 0.3 is 0 Å². The summed E-state index contributed by atoms with van der Waals surface area (Å²) in [6.45, 7) is 1.98. The molecular weight excluding hydrogens is 366 g/mol. The number of carbonyl (C=O) groups is 1. The lowest BCUT2D eigenvalue weighted by atomic mass is 10.1. The van der Waals surface area contributed by atoms with Gasteiger partial charge in [-0.05, 0) is 42.8 Å². The molecule has 0 radical (unpaired) electrons. The van der Waals surface area contributed by atoms with Gasteiger partial charge in [0, 0.05) is 17.1 Å². The number of carbonyl (C=O) groups excluding carboxylic acids is 1. The number of hydroxylamine groups is 1. The Bertz CT molecular complexity index is 971. The average Bonchev–Trinajstić information content (AvgIpc) is 2.58. The fraction of sp³-hybridized carbons (Fsp3) is 0.125. The molecule has 0 saturated carbocycles. The summed E-state index contributed by atoms with van der Waals surface area (Å²) in [7, 11) is -3.78. The van der Waals surface area contributed by atoms with E-state index < -0.39 is 15.9 Å². The lowest BCUT2D eigenvalue weighted by Crippen LogP contribution is -2.33. The van der Waals surface area contributed by atoms with E-state index >= 15 is 0 Å². The maximum absolute atomic E-state index is 12.2. The Morgan fingerprint density at radius 2 is 1.92 bits per heavy atom. The quantitative estimate of drug-likeness (QED) is 0.630. The molecule has 0 fully saturated rings. The lowest BCUT2D eigenvalue weighted by Gasteiger charge is -2.29. The van der Waals surface area contributed by atoms with Gasteiger partial charge in [0.1, 0.15) is 10.7 Å². The van der Waals surface area contributed by atoms with E-state index in [1.54, 1.807) is 53.7 Å². The number of anilines is 1. The standard InChI is InChI=1S/C16H14ClN3O4S/c1-10-19-25(23,24)15-8-13(17)6-7-14(15)20(10)9-11-2-4-12(5-3-11)16(21)18-22/h2-8,22H,9H2,1H3,(H,18,21). The molecule has 2 aromatic carbocycles. The topological polar surface area (TPSA) is 99.1 Å². The van der Waals surface area contributed by atoms with Gasteiger partial charge < -0.3 is 4.90 Å². The van der Waals surface area contributed by atoms with E-state index in [9.17, 15) is 13.2 Å². The molecule has 2 aromatic rings. The first kappa shape index (κ1) is 17.4. The highest BCUT2D eigenvalue weighted by Gasteiger charge is 2.29. The van der Waals surface area contributed by atoms with Gasteiger partial charge in [0.05, 0.1) is 5.69 Å². The summed E-state index contributed by atoms with van der Waals surface area (Å²) in [6.07, 6.45) is 0. The fourth-order valence-electron chi connectivity index (χ4n) is 2.57. The van der Waals surface area contributed by atoms with Gasteiger partial charge in [0.15, 0.2) is 0 Å². The number of rotatable bonds is 3. The number of sulfonamides is 1. The molecule has 1 aliphatic heterocycles. The monoisotopic (exact) mass is 379 g/mol. The number of benzene rings is 2. The van der Waals surface area contributed by atoms with Crippen molar-refractivity contribution in [3.8, 4) is 0 Å². The highest BCUT2D eigenvalue weighted by atomic mass is 35.5. The van der Waals surface area contributed by atoms with Gasteiger partial charge in [-0.2, -0.15) is 8.42 Å². The summed E-state index contributed by atoms with van der Waals surface area (Å²) in [5.74, 6) is -0.264. The van der Waals surface area contributed by atoms with Crippen LogP contribution in [0.25, 0.3) is 0 Å². The van der Waals surface area contributed by atoms with Crippen molar-refractivity contribution in [2.45, 2.75) is 18.4 Å². The van der Waals surface area contributed by atoms with Crippen LogP contribution in [0.5, 0.6) is 0 Å². The number of hydrogen-bond acceptors (Lipinski definition) is 5. The maximum Gasteiger partial charge on any atom is 0.286 e. The Hall–Kier alpha value is -2.42. The summed E-state index contributed by atoms with van der Waals surface area (Å²) in [4.78, 5) is 13.2. The van der Waals surface area contributed by atoms with Gasteiger partial charge in [-0.15, -0.1) is 4.40 Å². The first-order valence-corrected chi connectivity index (χ1v) is 9.05. The number of amides is 1. The SMILES string of the molecule is CC1=NS(=O)(=O)c2cc(Cl)ccc2N1Cc1ccc(C(=O)NO)cc1. The second kappa shape index (κ2) is 6.47. The van der Waals surface area contributed by atoms with Gasteiger partial charge in [-0.1, -0.05) is 23.7 Å². The minimum Gasteiger partial charge on any atom is -0.324 e. The van der Waals surface area contributed by atoms with E-state index in [-0.39, 0.29) is 4.90 Å². The van der Waals surface area contributed by atoms with Crippen LogP contribution in [-0.2, 0) is 16.6 Å². The molecule has 0 bridgehead atoms. The summed E-state index contributed by atoms with van der Waals surface area (Å²) in [5.41, 5.74) is 3.21. The van der Waals surface area contributed by atoms with E-state index in [1.165, 1.54) is 6.07 Å². The molecule has 0 saturated heterocycles. The van der Waals surface area contributed by atoms with Crippen molar-refractivity contribution in [3.05, 3.63) is 58.6 Å². The third kappa shape index (κ3) is 3.37. The van der Waals surface area contributed by atoms with Crippen molar-refractivity contribution < 1.29 is 18.4 Å². The van der Waals surface area contributed by atoms with Crippen LogP contribution in [0, 0.1) is 0 Å². The number of hydrogen-bond donors (Lipinski definition) is 2. The molecule has 25 heavy (non-hydrogen) atoms. The molecule has 2 N–H and O–H groups in total. The molecule has 0 aromatic heterocycles. The number of nitrogens with zero attached hydrogens (tertiary/aromatic N) is 2. The van der Waals surface area contributed by atoms with Crippen LogP contribution in [-0.4, -0.2) is 25.4 Å². The van der Waals surface area contributed by atoms with Gasteiger partial charge in [0.25, 0.3) is 15.9 Å². The molecule has 7 nitrogen and oxygen atoms in total. The first-order chi connectivity index (χ1) is 11.8. The second-order valence-corrected chi connectivity index (χ2v) is 7.46. The summed E-state index contributed by atoms with van der Waals surface area (Å²) < 4.78 is 28.3. The molecular formula is C16H14ClN3O4S. The molecule has 0 atom stereocenters. The zero-order valence-electron chi connectivity index (χ0n) is 13.1. The van der Waals surface area contributed by atoms with Crippen LogP contribution >= 0.6 is 11.6 Å². The minimum absolute atomic E-state index is 0.0573. The highest BCUT2D eigenvalue weighted by molar-refractivity contribution is 7.90. The predicted octanol–water partition coefficient (Wildman–Crippen LogP) is 2.59. The van der Waals surface area contributed by atoms with Gasteiger partial charge in [0.2, 0.25) is 0 Å². The van der Waals surface area contributed by atoms with Crippen molar-refractivity contribution in [1.82, 2.24) is 5.48 Å². The van der Waals surface area contributed by atoms with Crippen LogP contribution in [0.4, 0.5) is 5.69 Å². The smallest absolute Gasteiger partial charge is 0.286 e. The lowest BCUT2D eigenvalue weighted by molar-refractivity contribution is 0.0706. The van der Waals surface area contributed by atoms with Crippen molar-refractivity contribution in [2.75, 3.05) is 4.90 Å². The zero-order chi connectivity index (χ0) is 18.2. The third-order valence-electron chi connectivity index (χ3n) is 3.79. The Kier molecular flexibility index (Phi) is 4.51. The highest BCUT2D eigenvalue weighted by Crippen LogP contribution is 2.34. The van der Waals surface area contributed by atoms with E-state index in [2.05, 4.69) is 4.40 Å². The van der Waals surface area contributed by atoms with Crippen molar-refractivity contribution in [1.29, 1.82) is 0 Å². The van der Waals surface area contributed by atoms with Crippen LogP contribution in [0.1, 0.15) is 22.8 Å². The molecule has 0 aliphatic carbocycles. The van der Waals surface area contributed by atoms with E-state index in [0.29, 0.717) is 28.7 Å². The molecule has 9 heteroatoms. The molecule has 0 spiro atoms. The molecule has 1 aliphatic rings. The molecule has 0 unspecified atom stereocenters. The third-order valence-corrected chi connectivity index (χ3v) is 5.41. The number of nitrogens with one attached hydrogen (secondary N) is 1. The normalized spacial score (nSPS) is 15.3. The molecule has 1 heterocycles. The minimum atomic E-state index is -3.78. The summed E-state index contributed by atoms with van der Waals surface area (Å²) in [6, 6.07) is 11.2. The summed E-state index contributed by atoms with van der Waals surface area (Å²) in [5, 5.41) is 8.96. The largest absolute Gasteiger partial charge is 0.324 e. The van der Waals surface area contributed by atoms with E-state index in [0.717, 1.165) is 5.56 Å². The van der Waals surface area contributed by atoms with Crippen molar-refractivity contribution >= 4 is 39.1 Å². The van der Waals surface area contributed by atoms with Crippen LogP contribution in [0.15, 0.2) is 51.8 Å². The summed E-state index contributed by atoms with van der Waals surface area (Å²) >= 11 is 5.92. The number of fused-ring (bicyclic) bond motifs is 1. The van der Waals surface area contributed by atoms with Gasteiger partial charge in [-0.25, -0.2) is 5.48 Å². The fourth-order valence-corrected chi connectivity index (χ4v) is 4.07. The van der Waals surface area contributed by atoms with Crippen LogP contribution in [0.2, 0.25) is 5.02 Å². The van der Waals surface area contributed by atoms with Crippen LogP contribution in [0.3, 0.4) is 0 Å².